The van der Waals surface area contributed by atoms with E-state index in [2.05, 4.69) is 15.7 Å². The van der Waals surface area contributed by atoms with Crippen molar-refractivity contribution in [1.82, 2.24) is 5.43 Å². The highest BCUT2D eigenvalue weighted by Gasteiger charge is 2.29. The number of nitrogens with one attached hydrogen (secondary N) is 2. The van der Waals surface area contributed by atoms with Crippen LogP contribution in [-0.4, -0.2) is 18.1 Å². The van der Waals surface area contributed by atoms with Gasteiger partial charge in [0.05, 0.1) is 17.8 Å². The van der Waals surface area contributed by atoms with E-state index in [9.17, 15) is 4.79 Å². The zero-order valence-electron chi connectivity index (χ0n) is 11.7. The number of carbonyl (C=O) groups is 1. The SMILES string of the molecule is O=C1C/C(=N/C2Nc3ccccc3O2)NN1c1ccccc1. The van der Waals surface area contributed by atoms with Gasteiger partial charge in [-0.3, -0.25) is 10.2 Å². The van der Waals surface area contributed by atoms with E-state index in [-0.39, 0.29) is 12.3 Å². The number of amides is 1. The molecule has 6 nitrogen and oxygen atoms in total. The van der Waals surface area contributed by atoms with E-state index in [0.717, 1.165) is 17.1 Å². The quantitative estimate of drug-likeness (QED) is 0.890. The van der Waals surface area contributed by atoms with E-state index < -0.39 is 6.35 Å². The molecule has 0 aromatic heterocycles. The second-order valence-corrected chi connectivity index (χ2v) is 5.04. The van der Waals surface area contributed by atoms with Crippen molar-refractivity contribution in [3.63, 3.8) is 0 Å². The molecule has 2 N–H and O–H groups in total. The third-order valence-electron chi connectivity index (χ3n) is 3.50. The molecule has 1 fully saturated rings. The number of amidine groups is 1. The number of hydrogen-bond donors (Lipinski definition) is 2. The van der Waals surface area contributed by atoms with Crippen LogP contribution in [0.2, 0.25) is 0 Å². The highest BCUT2D eigenvalue weighted by Crippen LogP contribution is 2.31. The molecule has 4 rings (SSSR count). The van der Waals surface area contributed by atoms with Crippen LogP contribution in [0.25, 0.3) is 0 Å². The van der Waals surface area contributed by atoms with Crippen molar-refractivity contribution in [1.29, 1.82) is 0 Å². The number of carbonyl (C=O) groups excluding carboxylic acids is 1. The molecular weight excluding hydrogens is 280 g/mol. The van der Waals surface area contributed by atoms with E-state index in [1.807, 2.05) is 54.6 Å². The summed E-state index contributed by atoms with van der Waals surface area (Å²) in [4.78, 5) is 16.5. The fourth-order valence-electron chi connectivity index (χ4n) is 2.48. The number of fused-ring (bicyclic) bond motifs is 1. The predicted octanol–water partition coefficient (Wildman–Crippen LogP) is 2.11. The van der Waals surface area contributed by atoms with Crippen LogP contribution in [0.3, 0.4) is 0 Å². The Morgan fingerprint density at radius 1 is 1.09 bits per heavy atom. The summed E-state index contributed by atoms with van der Waals surface area (Å²) in [6.45, 7) is 0. The summed E-state index contributed by atoms with van der Waals surface area (Å²) in [6, 6.07) is 17.1. The second kappa shape index (κ2) is 5.07. The lowest BCUT2D eigenvalue weighted by atomic mass is 10.3. The molecule has 2 aromatic rings. The Labute approximate surface area is 127 Å². The normalized spacial score (nSPS) is 21.3. The number of nitrogens with zero attached hydrogens (tertiary/aromatic N) is 2. The summed E-state index contributed by atoms with van der Waals surface area (Å²) in [5, 5.41) is 4.65. The van der Waals surface area contributed by atoms with Crippen molar-refractivity contribution >= 4 is 23.1 Å². The molecule has 6 heteroatoms. The van der Waals surface area contributed by atoms with E-state index in [1.165, 1.54) is 5.01 Å². The summed E-state index contributed by atoms with van der Waals surface area (Å²) in [7, 11) is 0. The van der Waals surface area contributed by atoms with E-state index in [1.54, 1.807) is 0 Å². The Bertz CT molecular complexity index is 720. The van der Waals surface area contributed by atoms with Crippen LogP contribution in [0, 0.1) is 0 Å². The average Bonchev–Trinajstić information content (AvgIpc) is 3.11. The summed E-state index contributed by atoms with van der Waals surface area (Å²) in [5.74, 6) is 1.31. The minimum atomic E-state index is -0.511. The van der Waals surface area contributed by atoms with Crippen LogP contribution in [-0.2, 0) is 4.79 Å². The topological polar surface area (TPSA) is 66.0 Å². The molecule has 1 saturated heterocycles. The van der Waals surface area contributed by atoms with Gasteiger partial charge in [-0.1, -0.05) is 30.3 Å². The zero-order valence-corrected chi connectivity index (χ0v) is 11.7. The lowest BCUT2D eigenvalue weighted by molar-refractivity contribution is -0.116. The van der Waals surface area contributed by atoms with Crippen molar-refractivity contribution in [3.8, 4) is 5.75 Å². The first-order valence-corrected chi connectivity index (χ1v) is 7.03. The molecule has 1 unspecified atom stereocenters. The van der Waals surface area contributed by atoms with Gasteiger partial charge in [0, 0.05) is 0 Å². The van der Waals surface area contributed by atoms with Gasteiger partial charge in [-0.05, 0) is 24.3 Å². The van der Waals surface area contributed by atoms with Gasteiger partial charge in [-0.15, -0.1) is 0 Å². The Hall–Kier alpha value is -3.02. The van der Waals surface area contributed by atoms with Crippen LogP contribution >= 0.6 is 0 Å². The van der Waals surface area contributed by atoms with E-state index in [0.29, 0.717) is 5.84 Å². The molecule has 1 amide bonds. The standard InChI is InChI=1S/C16H14N4O2/c21-15-10-14(19-20(15)11-6-2-1-3-7-11)18-16-17-12-8-4-5-9-13(12)22-16/h1-9,16-17H,10H2,(H,18,19). The Kier molecular flexibility index (Phi) is 2.93. The first-order chi connectivity index (χ1) is 10.8. The molecule has 0 radical (unpaired) electrons. The average molecular weight is 294 g/mol. The molecular formula is C16H14N4O2. The van der Waals surface area contributed by atoms with Crippen molar-refractivity contribution < 1.29 is 9.53 Å². The minimum absolute atomic E-state index is 0.0412. The third kappa shape index (κ3) is 2.24. The fourth-order valence-corrected chi connectivity index (χ4v) is 2.48. The van der Waals surface area contributed by atoms with Crippen LogP contribution in [0.15, 0.2) is 59.6 Å². The van der Waals surface area contributed by atoms with Gasteiger partial charge in [0.1, 0.15) is 11.6 Å². The molecule has 0 bridgehead atoms. The van der Waals surface area contributed by atoms with Gasteiger partial charge in [0.25, 0.3) is 12.3 Å². The molecule has 0 aliphatic carbocycles. The number of benzene rings is 2. The summed E-state index contributed by atoms with van der Waals surface area (Å²) >= 11 is 0. The maximum atomic E-state index is 12.1. The molecule has 2 heterocycles. The minimum Gasteiger partial charge on any atom is -0.448 e. The monoisotopic (exact) mass is 294 g/mol. The lowest BCUT2D eigenvalue weighted by Crippen LogP contribution is -2.36. The maximum Gasteiger partial charge on any atom is 0.270 e. The summed E-state index contributed by atoms with van der Waals surface area (Å²) in [5.41, 5.74) is 4.72. The lowest BCUT2D eigenvalue weighted by Gasteiger charge is -2.16. The summed E-state index contributed by atoms with van der Waals surface area (Å²) < 4.78 is 5.68. The van der Waals surface area contributed by atoms with Gasteiger partial charge in [0.2, 0.25) is 0 Å². The van der Waals surface area contributed by atoms with Gasteiger partial charge < -0.3 is 10.1 Å². The van der Waals surface area contributed by atoms with Gasteiger partial charge in [0.15, 0.2) is 0 Å². The number of hydrogen-bond acceptors (Lipinski definition) is 4. The molecule has 0 spiro atoms. The first-order valence-electron chi connectivity index (χ1n) is 7.03. The molecule has 2 aliphatic rings. The highest BCUT2D eigenvalue weighted by molar-refractivity contribution is 6.13. The molecule has 2 aromatic carbocycles. The van der Waals surface area contributed by atoms with Gasteiger partial charge in [-0.25, -0.2) is 10.0 Å². The molecule has 0 saturated carbocycles. The third-order valence-corrected chi connectivity index (χ3v) is 3.50. The number of para-hydroxylation sites is 3. The van der Waals surface area contributed by atoms with Crippen LogP contribution in [0.1, 0.15) is 6.42 Å². The molecule has 1 atom stereocenters. The maximum absolute atomic E-state index is 12.1. The van der Waals surface area contributed by atoms with Crippen molar-refractivity contribution in [2.45, 2.75) is 12.8 Å². The molecule has 2 aliphatic heterocycles. The zero-order chi connectivity index (χ0) is 14.9. The number of aliphatic imine (C=N–C) groups is 1. The number of rotatable bonds is 2. The van der Waals surface area contributed by atoms with Crippen LogP contribution < -0.4 is 20.5 Å². The van der Waals surface area contributed by atoms with Crippen molar-refractivity contribution in [3.05, 3.63) is 54.6 Å². The Morgan fingerprint density at radius 3 is 2.68 bits per heavy atom. The second-order valence-electron chi connectivity index (χ2n) is 5.04. The fraction of sp³-hybridized carbons (Fsp3) is 0.125. The summed E-state index contributed by atoms with van der Waals surface area (Å²) in [6.07, 6.45) is -0.282. The number of hydrazine groups is 1. The van der Waals surface area contributed by atoms with E-state index >= 15 is 0 Å². The smallest absolute Gasteiger partial charge is 0.270 e. The van der Waals surface area contributed by atoms with E-state index in [4.69, 9.17) is 4.74 Å². The van der Waals surface area contributed by atoms with Crippen LogP contribution in [0.4, 0.5) is 11.4 Å². The first kappa shape index (κ1) is 12.7. The predicted molar refractivity (Wildman–Crippen MR) is 83.6 cm³/mol. The Morgan fingerprint density at radius 2 is 1.86 bits per heavy atom. The largest absolute Gasteiger partial charge is 0.448 e. The van der Waals surface area contributed by atoms with Gasteiger partial charge >= 0.3 is 0 Å². The molecule has 22 heavy (non-hydrogen) atoms. The number of ether oxygens (including phenoxy) is 1. The number of anilines is 2. The molecule has 110 valence electrons. The highest BCUT2D eigenvalue weighted by atomic mass is 16.5. The van der Waals surface area contributed by atoms with Crippen LogP contribution in [0.5, 0.6) is 5.75 Å². The van der Waals surface area contributed by atoms with Crippen molar-refractivity contribution in [2.24, 2.45) is 4.99 Å². The Balaban J connectivity index is 1.50. The van der Waals surface area contributed by atoms with Gasteiger partial charge in [-0.2, -0.15) is 0 Å². The van der Waals surface area contributed by atoms with Crippen molar-refractivity contribution in [2.75, 3.05) is 10.3 Å².